The molecular weight excluding hydrogens is 378 g/mol. The van der Waals surface area contributed by atoms with Crippen molar-refractivity contribution in [2.45, 2.75) is 26.7 Å². The van der Waals surface area contributed by atoms with Crippen LogP contribution in [0.4, 0.5) is 5.00 Å². The molecule has 28 heavy (non-hydrogen) atoms. The van der Waals surface area contributed by atoms with Gasteiger partial charge in [-0.3, -0.25) is 4.79 Å². The lowest BCUT2D eigenvalue weighted by molar-refractivity contribution is -0.115. The highest BCUT2D eigenvalue weighted by atomic mass is 32.1. The molecule has 0 atom stereocenters. The van der Waals surface area contributed by atoms with Crippen LogP contribution in [-0.4, -0.2) is 38.7 Å². The van der Waals surface area contributed by atoms with Gasteiger partial charge in [-0.15, -0.1) is 16.4 Å². The van der Waals surface area contributed by atoms with Gasteiger partial charge in [-0.05, 0) is 34.9 Å². The summed E-state index contributed by atoms with van der Waals surface area (Å²) in [4.78, 5) is 25.0. The van der Waals surface area contributed by atoms with Crippen LogP contribution in [0.1, 0.15) is 35.6 Å². The molecule has 0 spiro atoms. The first-order valence-corrected chi connectivity index (χ1v) is 9.80. The van der Waals surface area contributed by atoms with Gasteiger partial charge in [0, 0.05) is 18.0 Å². The molecule has 0 aliphatic heterocycles. The molecule has 0 aliphatic rings. The fourth-order valence-corrected chi connectivity index (χ4v) is 3.67. The van der Waals surface area contributed by atoms with Crippen LogP contribution in [0.2, 0.25) is 0 Å². The van der Waals surface area contributed by atoms with Crippen molar-refractivity contribution in [2.24, 2.45) is 7.05 Å². The van der Waals surface area contributed by atoms with E-state index in [-0.39, 0.29) is 18.9 Å². The van der Waals surface area contributed by atoms with Gasteiger partial charge >= 0.3 is 5.97 Å². The Hall–Kier alpha value is -3.07. The Labute approximate surface area is 166 Å². The van der Waals surface area contributed by atoms with Crippen LogP contribution in [-0.2, 0) is 29.4 Å². The first-order valence-electron chi connectivity index (χ1n) is 8.92. The van der Waals surface area contributed by atoms with Gasteiger partial charge in [0.15, 0.2) is 5.82 Å². The van der Waals surface area contributed by atoms with E-state index in [1.165, 1.54) is 21.6 Å². The van der Waals surface area contributed by atoms with E-state index in [0.29, 0.717) is 16.4 Å². The molecule has 0 aliphatic carbocycles. The summed E-state index contributed by atoms with van der Waals surface area (Å²) < 4.78 is 6.65. The largest absolute Gasteiger partial charge is 0.462 e. The predicted octanol–water partition coefficient (Wildman–Crippen LogP) is 2.86. The standard InChI is InChI=1S/C19H21N5O3S/c1-4-12-6-8-13(9-7-12)14-11-28-18(17(14)19(26)27-5-2)20-16(25)10-15-21-22-23-24(15)3/h6-9,11H,4-5,10H2,1-3H3,(H,20,25). The molecule has 0 fully saturated rings. The van der Waals surface area contributed by atoms with E-state index in [1.54, 1.807) is 14.0 Å². The number of carbonyl (C=O) groups excluding carboxylic acids is 2. The van der Waals surface area contributed by atoms with E-state index in [2.05, 4.69) is 27.8 Å². The van der Waals surface area contributed by atoms with Gasteiger partial charge in [-0.2, -0.15) is 0 Å². The van der Waals surface area contributed by atoms with E-state index in [4.69, 9.17) is 4.74 Å². The summed E-state index contributed by atoms with van der Waals surface area (Å²) in [5.41, 5.74) is 3.21. The second-order valence-electron chi connectivity index (χ2n) is 6.07. The lowest BCUT2D eigenvalue weighted by atomic mass is 10.0. The van der Waals surface area contributed by atoms with Gasteiger partial charge in [0.05, 0.1) is 13.0 Å². The molecule has 1 amide bonds. The van der Waals surface area contributed by atoms with Gasteiger partial charge in [-0.25, -0.2) is 9.48 Å². The summed E-state index contributed by atoms with van der Waals surface area (Å²) in [7, 11) is 1.66. The van der Waals surface area contributed by atoms with Crippen LogP contribution in [0.15, 0.2) is 29.6 Å². The van der Waals surface area contributed by atoms with E-state index in [1.807, 2.05) is 29.6 Å². The number of nitrogens with one attached hydrogen (secondary N) is 1. The maximum absolute atomic E-state index is 12.6. The lowest BCUT2D eigenvalue weighted by Gasteiger charge is -2.09. The number of carbonyl (C=O) groups is 2. The SMILES string of the molecule is CCOC(=O)c1c(-c2ccc(CC)cc2)csc1NC(=O)Cc1nnnn1C. The second kappa shape index (κ2) is 8.75. The van der Waals surface area contributed by atoms with Gasteiger partial charge < -0.3 is 10.1 Å². The van der Waals surface area contributed by atoms with Crippen LogP contribution in [0.5, 0.6) is 0 Å². The van der Waals surface area contributed by atoms with Crippen molar-refractivity contribution in [2.75, 3.05) is 11.9 Å². The number of aryl methyl sites for hydroxylation is 2. The molecule has 0 radical (unpaired) electrons. The van der Waals surface area contributed by atoms with Crippen molar-refractivity contribution in [1.29, 1.82) is 0 Å². The maximum Gasteiger partial charge on any atom is 0.341 e. The number of ether oxygens (including phenoxy) is 1. The Morgan fingerprint density at radius 1 is 1.21 bits per heavy atom. The van der Waals surface area contributed by atoms with E-state index in [0.717, 1.165) is 17.5 Å². The monoisotopic (exact) mass is 399 g/mol. The van der Waals surface area contributed by atoms with Crippen LogP contribution < -0.4 is 5.32 Å². The maximum atomic E-state index is 12.6. The average Bonchev–Trinajstić information content (AvgIpc) is 3.28. The Morgan fingerprint density at radius 2 is 1.96 bits per heavy atom. The summed E-state index contributed by atoms with van der Waals surface area (Å²) in [6.45, 7) is 4.09. The number of rotatable bonds is 7. The summed E-state index contributed by atoms with van der Waals surface area (Å²) in [5, 5.41) is 16.1. The van der Waals surface area contributed by atoms with Crippen molar-refractivity contribution < 1.29 is 14.3 Å². The fraction of sp³-hybridized carbons (Fsp3) is 0.316. The topological polar surface area (TPSA) is 99.0 Å². The Morgan fingerprint density at radius 3 is 2.57 bits per heavy atom. The van der Waals surface area contributed by atoms with E-state index < -0.39 is 5.97 Å². The molecular formula is C19H21N5O3S. The molecule has 2 aromatic heterocycles. The molecule has 3 rings (SSSR count). The van der Waals surface area contributed by atoms with Crippen LogP contribution >= 0.6 is 11.3 Å². The Kier molecular flexibility index (Phi) is 6.15. The number of aromatic nitrogens is 4. The number of hydrogen-bond donors (Lipinski definition) is 1. The van der Waals surface area contributed by atoms with Gasteiger partial charge in [0.1, 0.15) is 10.6 Å². The molecule has 0 saturated heterocycles. The number of thiophene rings is 1. The molecule has 0 saturated carbocycles. The zero-order valence-corrected chi connectivity index (χ0v) is 16.7. The molecule has 0 bridgehead atoms. The minimum atomic E-state index is -0.464. The second-order valence-corrected chi connectivity index (χ2v) is 6.95. The number of nitrogens with zero attached hydrogens (tertiary/aromatic N) is 4. The third-order valence-electron chi connectivity index (χ3n) is 4.22. The summed E-state index contributed by atoms with van der Waals surface area (Å²) in [6, 6.07) is 8.00. The normalized spacial score (nSPS) is 10.7. The fourth-order valence-electron chi connectivity index (χ4n) is 2.70. The number of hydrogen-bond acceptors (Lipinski definition) is 7. The van der Waals surface area contributed by atoms with Gasteiger partial charge in [0.25, 0.3) is 0 Å². The highest BCUT2D eigenvalue weighted by Crippen LogP contribution is 2.36. The zero-order chi connectivity index (χ0) is 20.1. The van der Waals surface area contributed by atoms with Crippen molar-refractivity contribution in [3.8, 4) is 11.1 Å². The van der Waals surface area contributed by atoms with Crippen molar-refractivity contribution >= 4 is 28.2 Å². The number of tetrazole rings is 1. The number of benzene rings is 1. The predicted molar refractivity (Wildman–Crippen MR) is 106 cm³/mol. The molecule has 3 aromatic rings. The molecule has 2 heterocycles. The smallest absolute Gasteiger partial charge is 0.341 e. The van der Waals surface area contributed by atoms with Crippen molar-refractivity contribution in [3.63, 3.8) is 0 Å². The lowest BCUT2D eigenvalue weighted by Crippen LogP contribution is -2.18. The highest BCUT2D eigenvalue weighted by molar-refractivity contribution is 7.15. The summed E-state index contributed by atoms with van der Waals surface area (Å²) in [6.07, 6.45) is 0.942. The average molecular weight is 399 g/mol. The first kappa shape index (κ1) is 19.7. The number of anilines is 1. The van der Waals surface area contributed by atoms with Crippen LogP contribution in [0.25, 0.3) is 11.1 Å². The van der Waals surface area contributed by atoms with Gasteiger partial charge in [0.2, 0.25) is 5.91 Å². The van der Waals surface area contributed by atoms with Crippen molar-refractivity contribution in [1.82, 2.24) is 20.2 Å². The summed E-state index contributed by atoms with van der Waals surface area (Å²) in [5.74, 6) is -0.339. The zero-order valence-electron chi connectivity index (χ0n) is 15.9. The quantitative estimate of drug-likeness (QED) is 0.614. The van der Waals surface area contributed by atoms with Crippen molar-refractivity contribution in [3.05, 3.63) is 46.6 Å². The van der Waals surface area contributed by atoms with E-state index >= 15 is 0 Å². The minimum absolute atomic E-state index is 0.00416. The summed E-state index contributed by atoms with van der Waals surface area (Å²) >= 11 is 1.29. The molecule has 0 unspecified atom stereocenters. The van der Waals surface area contributed by atoms with Crippen LogP contribution in [0.3, 0.4) is 0 Å². The van der Waals surface area contributed by atoms with Crippen LogP contribution in [0, 0.1) is 0 Å². The highest BCUT2D eigenvalue weighted by Gasteiger charge is 2.23. The minimum Gasteiger partial charge on any atom is -0.462 e. The molecule has 9 heteroatoms. The first-order chi connectivity index (χ1) is 13.5. The molecule has 1 N–H and O–H groups in total. The number of amides is 1. The molecule has 1 aromatic carbocycles. The Balaban J connectivity index is 1.89. The Bertz CT molecular complexity index is 978. The third kappa shape index (κ3) is 4.25. The third-order valence-corrected chi connectivity index (χ3v) is 5.12. The van der Waals surface area contributed by atoms with Gasteiger partial charge in [-0.1, -0.05) is 31.2 Å². The van der Waals surface area contributed by atoms with E-state index in [9.17, 15) is 9.59 Å². The molecule has 8 nitrogen and oxygen atoms in total. The number of esters is 1. The molecule has 146 valence electrons.